The molecular formula is C30H25Cl2N3O3S. The zero-order chi connectivity index (χ0) is 27.4. The summed E-state index contributed by atoms with van der Waals surface area (Å²) in [5.41, 5.74) is 4.11. The number of carboxylic acid groups (broad SMARTS) is 1. The minimum absolute atomic E-state index is 0.0585. The molecule has 0 saturated carbocycles. The normalized spacial score (nSPS) is 17.0. The maximum Gasteiger partial charge on any atom is 0.326 e. The Hall–Kier alpha value is -3.52. The first-order chi connectivity index (χ1) is 18.9. The van der Waals surface area contributed by atoms with E-state index in [9.17, 15) is 14.7 Å². The molecule has 0 spiro atoms. The molecule has 9 heteroatoms. The highest BCUT2D eigenvalue weighted by Crippen LogP contribution is 2.48. The van der Waals surface area contributed by atoms with E-state index in [0.29, 0.717) is 0 Å². The van der Waals surface area contributed by atoms with E-state index in [4.69, 9.17) is 23.2 Å². The molecule has 1 aliphatic heterocycles. The van der Waals surface area contributed by atoms with E-state index in [1.165, 1.54) is 0 Å². The van der Waals surface area contributed by atoms with Gasteiger partial charge in [-0.3, -0.25) is 9.78 Å². The highest BCUT2D eigenvalue weighted by Gasteiger charge is 2.30. The topological polar surface area (TPSA) is 91.3 Å². The molecule has 1 amide bonds. The summed E-state index contributed by atoms with van der Waals surface area (Å²) >= 11 is 14.1. The number of aromatic nitrogens is 1. The molecule has 0 bridgehead atoms. The molecule has 0 fully saturated rings. The van der Waals surface area contributed by atoms with Gasteiger partial charge in [0, 0.05) is 34.6 Å². The van der Waals surface area contributed by atoms with Crippen LogP contribution in [0.5, 0.6) is 0 Å². The summed E-state index contributed by atoms with van der Waals surface area (Å²) in [6.45, 7) is 0. The van der Waals surface area contributed by atoms with Crippen molar-refractivity contribution in [2.24, 2.45) is 0 Å². The van der Waals surface area contributed by atoms with Crippen LogP contribution >= 0.6 is 35.0 Å². The van der Waals surface area contributed by atoms with Crippen molar-refractivity contribution < 1.29 is 14.7 Å². The SMILES string of the molecule is O=C(NC(Cc1ccc2c(c1)C(Sc1ccccc1)CC(c1ccncc1)N2)C(=O)O)c1c(Cl)cccc1Cl. The summed E-state index contributed by atoms with van der Waals surface area (Å²) in [5, 5.41) is 16.6. The lowest BCUT2D eigenvalue weighted by atomic mass is 9.91. The van der Waals surface area contributed by atoms with Crippen LogP contribution in [0.4, 0.5) is 5.69 Å². The smallest absolute Gasteiger partial charge is 0.326 e. The Bertz CT molecular complexity index is 1470. The van der Waals surface area contributed by atoms with Gasteiger partial charge in [-0.25, -0.2) is 4.79 Å². The number of amides is 1. The lowest BCUT2D eigenvalue weighted by molar-refractivity contribution is -0.139. The summed E-state index contributed by atoms with van der Waals surface area (Å²) in [5.74, 6) is -1.77. The van der Waals surface area contributed by atoms with Crippen LogP contribution in [-0.4, -0.2) is 28.0 Å². The quantitative estimate of drug-likeness (QED) is 0.205. The summed E-state index contributed by atoms with van der Waals surface area (Å²) < 4.78 is 0. The number of anilines is 1. The maximum absolute atomic E-state index is 12.9. The van der Waals surface area contributed by atoms with Crippen molar-refractivity contribution in [3.63, 3.8) is 0 Å². The number of thioether (sulfide) groups is 1. The number of pyridine rings is 1. The largest absolute Gasteiger partial charge is 0.480 e. The number of carbonyl (C=O) groups is 2. The fraction of sp³-hybridized carbons (Fsp3) is 0.167. The van der Waals surface area contributed by atoms with Crippen LogP contribution in [0.3, 0.4) is 0 Å². The lowest BCUT2D eigenvalue weighted by Gasteiger charge is -2.34. The van der Waals surface area contributed by atoms with Crippen molar-refractivity contribution in [1.29, 1.82) is 0 Å². The molecule has 1 aromatic heterocycles. The molecule has 0 radical (unpaired) electrons. The van der Waals surface area contributed by atoms with E-state index in [-0.39, 0.29) is 33.3 Å². The van der Waals surface area contributed by atoms with Gasteiger partial charge in [0.25, 0.3) is 5.91 Å². The number of carboxylic acids is 1. The molecule has 6 nitrogen and oxygen atoms in total. The molecule has 3 unspecified atom stereocenters. The standard InChI is InChI=1S/C30H25Cl2N3O3S/c31-22-7-4-8-23(32)28(22)29(36)35-26(30(37)38)16-18-9-10-24-21(15-18)27(39-20-5-2-1-3-6-20)17-25(34-24)19-11-13-33-14-12-19/h1-15,25-27,34H,16-17H2,(H,35,36)(H,37,38). The van der Waals surface area contributed by atoms with E-state index in [2.05, 4.69) is 27.8 Å². The first kappa shape index (κ1) is 27.1. The number of carbonyl (C=O) groups excluding carboxylic acids is 1. The molecule has 198 valence electrons. The summed E-state index contributed by atoms with van der Waals surface area (Å²) in [6, 6.07) is 23.8. The second-order valence-electron chi connectivity index (χ2n) is 9.22. The van der Waals surface area contributed by atoms with E-state index < -0.39 is 17.9 Å². The van der Waals surface area contributed by atoms with Crippen LogP contribution in [0.1, 0.15) is 44.8 Å². The molecule has 5 rings (SSSR count). The van der Waals surface area contributed by atoms with E-state index >= 15 is 0 Å². The van der Waals surface area contributed by atoms with E-state index in [1.807, 2.05) is 48.5 Å². The Labute approximate surface area is 240 Å². The van der Waals surface area contributed by atoms with Crippen LogP contribution in [0.25, 0.3) is 0 Å². The van der Waals surface area contributed by atoms with Crippen LogP contribution in [0.15, 0.2) is 96.2 Å². The van der Waals surface area contributed by atoms with Gasteiger partial charge in [-0.2, -0.15) is 0 Å². The van der Waals surface area contributed by atoms with Crippen LogP contribution in [0, 0.1) is 0 Å². The maximum atomic E-state index is 12.9. The van der Waals surface area contributed by atoms with Crippen molar-refractivity contribution in [2.75, 3.05) is 5.32 Å². The summed E-state index contributed by atoms with van der Waals surface area (Å²) in [6.07, 6.45) is 4.54. The minimum atomic E-state index is -1.16. The Morgan fingerprint density at radius 1 is 1.00 bits per heavy atom. The number of rotatable bonds is 8. The predicted molar refractivity (Wildman–Crippen MR) is 156 cm³/mol. The highest BCUT2D eigenvalue weighted by atomic mass is 35.5. The van der Waals surface area contributed by atoms with Gasteiger partial charge in [0.15, 0.2) is 0 Å². The zero-order valence-corrected chi connectivity index (χ0v) is 23.0. The molecule has 0 aliphatic carbocycles. The Morgan fingerprint density at radius 3 is 2.41 bits per heavy atom. The van der Waals surface area contributed by atoms with Crippen molar-refractivity contribution in [3.05, 3.63) is 124 Å². The third-order valence-electron chi connectivity index (χ3n) is 6.61. The van der Waals surface area contributed by atoms with Crippen LogP contribution < -0.4 is 10.6 Å². The van der Waals surface area contributed by atoms with Gasteiger partial charge >= 0.3 is 5.97 Å². The lowest BCUT2D eigenvalue weighted by Crippen LogP contribution is -2.42. The molecule has 4 aromatic rings. The van der Waals surface area contributed by atoms with Crippen molar-refractivity contribution in [1.82, 2.24) is 10.3 Å². The van der Waals surface area contributed by atoms with Crippen LogP contribution in [0.2, 0.25) is 10.0 Å². The first-order valence-corrected chi connectivity index (χ1v) is 14.0. The fourth-order valence-electron chi connectivity index (χ4n) is 4.70. The number of hydrogen-bond donors (Lipinski definition) is 3. The average Bonchev–Trinajstić information content (AvgIpc) is 2.93. The van der Waals surface area contributed by atoms with Gasteiger partial charge < -0.3 is 15.7 Å². The highest BCUT2D eigenvalue weighted by molar-refractivity contribution is 7.99. The Morgan fingerprint density at radius 2 is 1.72 bits per heavy atom. The number of hydrogen-bond acceptors (Lipinski definition) is 5. The Balaban J connectivity index is 1.41. The van der Waals surface area contributed by atoms with Gasteiger partial charge in [0.2, 0.25) is 0 Å². The predicted octanol–water partition coefficient (Wildman–Crippen LogP) is 7.20. The number of nitrogens with one attached hydrogen (secondary N) is 2. The third-order valence-corrected chi connectivity index (χ3v) is 8.51. The summed E-state index contributed by atoms with van der Waals surface area (Å²) in [4.78, 5) is 30.3. The number of aliphatic carboxylic acids is 1. The molecule has 39 heavy (non-hydrogen) atoms. The molecule has 1 aliphatic rings. The van der Waals surface area contributed by atoms with Crippen LogP contribution in [-0.2, 0) is 11.2 Å². The Kier molecular flexibility index (Phi) is 8.41. The third kappa shape index (κ3) is 6.38. The van der Waals surface area contributed by atoms with Gasteiger partial charge in [-0.15, -0.1) is 11.8 Å². The number of nitrogens with zero attached hydrogens (tertiary/aromatic N) is 1. The fourth-order valence-corrected chi connectivity index (χ4v) is 6.52. The minimum Gasteiger partial charge on any atom is -0.480 e. The van der Waals surface area contributed by atoms with E-state index in [1.54, 1.807) is 42.4 Å². The zero-order valence-electron chi connectivity index (χ0n) is 20.7. The number of halogens is 2. The average molecular weight is 579 g/mol. The number of benzene rings is 3. The summed E-state index contributed by atoms with van der Waals surface area (Å²) in [7, 11) is 0. The van der Waals surface area contributed by atoms with E-state index in [0.717, 1.165) is 33.7 Å². The molecule has 2 heterocycles. The first-order valence-electron chi connectivity index (χ1n) is 12.4. The molecule has 3 aromatic carbocycles. The van der Waals surface area contributed by atoms with Gasteiger partial charge in [0.05, 0.1) is 21.7 Å². The molecule has 3 atom stereocenters. The van der Waals surface area contributed by atoms with Crippen molar-refractivity contribution in [2.45, 2.75) is 35.1 Å². The van der Waals surface area contributed by atoms with Crippen molar-refractivity contribution in [3.8, 4) is 0 Å². The molecular weight excluding hydrogens is 553 g/mol. The number of fused-ring (bicyclic) bond motifs is 1. The monoisotopic (exact) mass is 577 g/mol. The molecule has 3 N–H and O–H groups in total. The molecule has 0 saturated heterocycles. The van der Waals surface area contributed by atoms with Gasteiger partial charge in [0.1, 0.15) is 6.04 Å². The second kappa shape index (κ2) is 12.1. The van der Waals surface area contributed by atoms with Gasteiger partial charge in [-0.05, 0) is 65.6 Å². The van der Waals surface area contributed by atoms with Crippen molar-refractivity contribution >= 4 is 52.5 Å². The van der Waals surface area contributed by atoms with Gasteiger partial charge in [-0.1, -0.05) is 59.6 Å². The second-order valence-corrected chi connectivity index (χ2v) is 11.3.